The Bertz CT molecular complexity index is 697. The molecular formula is C11H12BrN3O3S. The summed E-state index contributed by atoms with van der Waals surface area (Å²) in [5.74, 6) is 0.431. The van der Waals surface area contributed by atoms with Gasteiger partial charge in [-0.2, -0.15) is 8.42 Å². The highest BCUT2D eigenvalue weighted by Crippen LogP contribution is 2.28. The second kappa shape index (κ2) is 5.22. The SMILES string of the molecule is CCc1ncc(S(=O)(=O)Nc2cc(Br)ccc2O)[nH]1. The van der Waals surface area contributed by atoms with Gasteiger partial charge in [-0.25, -0.2) is 4.98 Å². The summed E-state index contributed by atoms with van der Waals surface area (Å²) >= 11 is 3.21. The van der Waals surface area contributed by atoms with Gasteiger partial charge in [0.25, 0.3) is 10.0 Å². The van der Waals surface area contributed by atoms with Crippen molar-refractivity contribution in [3.8, 4) is 5.75 Å². The Morgan fingerprint density at radius 2 is 2.21 bits per heavy atom. The molecule has 2 aromatic rings. The van der Waals surface area contributed by atoms with Crippen LogP contribution in [0.4, 0.5) is 5.69 Å². The number of aromatic nitrogens is 2. The third-order valence-corrected chi connectivity index (χ3v) is 4.20. The number of hydrogen-bond acceptors (Lipinski definition) is 4. The number of halogens is 1. The number of nitrogens with one attached hydrogen (secondary N) is 2. The van der Waals surface area contributed by atoms with Crippen LogP contribution in [0.15, 0.2) is 33.9 Å². The number of H-pyrrole nitrogens is 1. The third kappa shape index (κ3) is 3.07. The van der Waals surface area contributed by atoms with Crippen molar-refractivity contribution in [2.45, 2.75) is 18.4 Å². The summed E-state index contributed by atoms with van der Waals surface area (Å²) in [4.78, 5) is 6.64. The quantitative estimate of drug-likeness (QED) is 0.740. The largest absolute Gasteiger partial charge is 0.506 e. The second-order valence-corrected chi connectivity index (χ2v) is 6.38. The molecule has 1 heterocycles. The average molecular weight is 346 g/mol. The van der Waals surface area contributed by atoms with Gasteiger partial charge in [0.05, 0.1) is 11.9 Å². The van der Waals surface area contributed by atoms with E-state index < -0.39 is 10.0 Å². The minimum Gasteiger partial charge on any atom is -0.506 e. The average Bonchev–Trinajstić information content (AvgIpc) is 2.83. The Labute approximate surface area is 119 Å². The standard InChI is InChI=1S/C11H12BrN3O3S/c1-2-10-13-6-11(14-10)19(17,18)15-8-5-7(12)3-4-9(8)16/h3-6,15-16H,2H2,1H3,(H,13,14). The van der Waals surface area contributed by atoms with Crippen molar-refractivity contribution in [1.82, 2.24) is 9.97 Å². The Morgan fingerprint density at radius 3 is 2.84 bits per heavy atom. The Hall–Kier alpha value is -1.54. The fourth-order valence-electron chi connectivity index (χ4n) is 1.45. The van der Waals surface area contributed by atoms with Crippen molar-refractivity contribution in [2.75, 3.05) is 4.72 Å². The van der Waals surface area contributed by atoms with Crippen LogP contribution in [0, 0.1) is 0 Å². The number of phenols is 1. The molecule has 102 valence electrons. The molecule has 0 saturated carbocycles. The van der Waals surface area contributed by atoms with Gasteiger partial charge >= 0.3 is 0 Å². The van der Waals surface area contributed by atoms with Gasteiger partial charge in [0.2, 0.25) is 0 Å². The third-order valence-electron chi connectivity index (χ3n) is 2.43. The van der Waals surface area contributed by atoms with Crippen molar-refractivity contribution < 1.29 is 13.5 Å². The molecule has 0 aliphatic rings. The molecule has 0 spiro atoms. The minimum atomic E-state index is -3.79. The van der Waals surface area contributed by atoms with Crippen molar-refractivity contribution in [3.05, 3.63) is 34.7 Å². The van der Waals surface area contributed by atoms with Crippen LogP contribution in [0.5, 0.6) is 5.75 Å². The molecular weight excluding hydrogens is 334 g/mol. The summed E-state index contributed by atoms with van der Waals surface area (Å²) in [7, 11) is -3.79. The van der Waals surface area contributed by atoms with E-state index in [4.69, 9.17) is 0 Å². The number of aryl methyl sites for hydroxylation is 1. The molecule has 3 N–H and O–H groups in total. The first kappa shape index (κ1) is 13.9. The fourth-order valence-corrected chi connectivity index (χ4v) is 2.82. The van der Waals surface area contributed by atoms with Gasteiger partial charge in [0.1, 0.15) is 11.6 Å². The number of nitrogens with zero attached hydrogens (tertiary/aromatic N) is 1. The molecule has 0 saturated heterocycles. The van der Waals surface area contributed by atoms with Crippen molar-refractivity contribution in [3.63, 3.8) is 0 Å². The summed E-state index contributed by atoms with van der Waals surface area (Å²) in [6, 6.07) is 4.48. The molecule has 8 heteroatoms. The van der Waals surface area contributed by atoms with Crippen LogP contribution >= 0.6 is 15.9 Å². The zero-order valence-electron chi connectivity index (χ0n) is 10.0. The fraction of sp³-hybridized carbons (Fsp3) is 0.182. The minimum absolute atomic E-state index is 0.0382. The number of sulfonamides is 1. The number of rotatable bonds is 4. The summed E-state index contributed by atoms with van der Waals surface area (Å²) < 4.78 is 27.1. The number of anilines is 1. The molecule has 0 aliphatic carbocycles. The lowest BCUT2D eigenvalue weighted by Gasteiger charge is -2.08. The topological polar surface area (TPSA) is 95.1 Å². The van der Waals surface area contributed by atoms with E-state index in [1.165, 1.54) is 18.3 Å². The normalized spacial score (nSPS) is 11.5. The first-order valence-electron chi connectivity index (χ1n) is 5.47. The summed E-state index contributed by atoms with van der Waals surface area (Å²) in [5, 5.41) is 9.58. The van der Waals surface area contributed by atoms with Crippen LogP contribution in [0.1, 0.15) is 12.7 Å². The molecule has 6 nitrogen and oxygen atoms in total. The Balaban J connectivity index is 2.33. The van der Waals surface area contributed by atoms with Gasteiger partial charge in [-0.15, -0.1) is 0 Å². The molecule has 0 radical (unpaired) electrons. The van der Waals surface area contributed by atoms with Crippen LogP contribution in [0.2, 0.25) is 0 Å². The first-order valence-corrected chi connectivity index (χ1v) is 7.75. The zero-order chi connectivity index (χ0) is 14.0. The van der Waals surface area contributed by atoms with Gasteiger partial charge in [-0.1, -0.05) is 22.9 Å². The van der Waals surface area contributed by atoms with Crippen molar-refractivity contribution in [2.24, 2.45) is 0 Å². The van der Waals surface area contributed by atoms with E-state index in [1.807, 2.05) is 6.92 Å². The molecule has 0 amide bonds. The van der Waals surface area contributed by atoms with E-state index >= 15 is 0 Å². The molecule has 0 unspecified atom stereocenters. The Kier molecular flexibility index (Phi) is 3.81. The van der Waals surface area contributed by atoms with Crippen LogP contribution in [0.25, 0.3) is 0 Å². The lowest BCUT2D eigenvalue weighted by Crippen LogP contribution is -2.13. The molecule has 0 fully saturated rings. The van der Waals surface area contributed by atoms with E-state index in [-0.39, 0.29) is 16.5 Å². The van der Waals surface area contributed by atoms with Gasteiger partial charge in [0.15, 0.2) is 5.03 Å². The van der Waals surface area contributed by atoms with Crippen molar-refractivity contribution >= 4 is 31.6 Å². The molecule has 0 bridgehead atoms. The van der Waals surface area contributed by atoms with E-state index in [1.54, 1.807) is 6.07 Å². The first-order chi connectivity index (χ1) is 8.92. The van der Waals surface area contributed by atoms with E-state index in [0.29, 0.717) is 16.7 Å². The van der Waals surface area contributed by atoms with Crippen molar-refractivity contribution in [1.29, 1.82) is 0 Å². The van der Waals surface area contributed by atoms with Crippen LogP contribution in [-0.2, 0) is 16.4 Å². The van der Waals surface area contributed by atoms with Gasteiger partial charge in [-0.3, -0.25) is 4.72 Å². The lowest BCUT2D eigenvalue weighted by atomic mass is 10.3. The smallest absolute Gasteiger partial charge is 0.279 e. The zero-order valence-corrected chi connectivity index (χ0v) is 12.4. The van der Waals surface area contributed by atoms with Gasteiger partial charge in [0, 0.05) is 10.9 Å². The molecule has 19 heavy (non-hydrogen) atoms. The highest BCUT2D eigenvalue weighted by molar-refractivity contribution is 9.10. The summed E-state index contributed by atoms with van der Waals surface area (Å²) in [6.45, 7) is 1.86. The van der Waals surface area contributed by atoms with E-state index in [0.717, 1.165) is 0 Å². The Morgan fingerprint density at radius 1 is 1.47 bits per heavy atom. The number of phenolic OH excluding ortho intramolecular Hbond substituents is 1. The highest BCUT2D eigenvalue weighted by Gasteiger charge is 2.18. The number of imidazole rings is 1. The maximum Gasteiger partial charge on any atom is 0.279 e. The number of hydrogen-bond donors (Lipinski definition) is 3. The summed E-state index contributed by atoms with van der Waals surface area (Å²) in [5.41, 5.74) is 0.0991. The number of benzene rings is 1. The number of aromatic amines is 1. The maximum atomic E-state index is 12.1. The lowest BCUT2D eigenvalue weighted by molar-refractivity contribution is 0.477. The van der Waals surface area contributed by atoms with Crippen LogP contribution in [-0.4, -0.2) is 23.5 Å². The molecule has 1 aromatic heterocycles. The predicted molar refractivity (Wildman–Crippen MR) is 74.6 cm³/mol. The highest BCUT2D eigenvalue weighted by atomic mass is 79.9. The second-order valence-electron chi connectivity index (χ2n) is 3.81. The molecule has 0 atom stereocenters. The summed E-state index contributed by atoms with van der Waals surface area (Å²) in [6.07, 6.45) is 1.86. The van der Waals surface area contributed by atoms with E-state index in [9.17, 15) is 13.5 Å². The number of aromatic hydroxyl groups is 1. The molecule has 2 rings (SSSR count). The van der Waals surface area contributed by atoms with E-state index in [2.05, 4.69) is 30.6 Å². The van der Waals surface area contributed by atoms with Gasteiger partial charge in [-0.05, 0) is 18.2 Å². The monoisotopic (exact) mass is 345 g/mol. The molecule has 0 aliphatic heterocycles. The predicted octanol–water partition coefficient (Wildman–Crippen LogP) is 2.24. The van der Waals surface area contributed by atoms with Crippen LogP contribution < -0.4 is 4.72 Å². The molecule has 1 aromatic carbocycles. The van der Waals surface area contributed by atoms with Gasteiger partial charge < -0.3 is 10.1 Å². The maximum absolute atomic E-state index is 12.1. The van der Waals surface area contributed by atoms with Crippen LogP contribution in [0.3, 0.4) is 0 Å².